The van der Waals surface area contributed by atoms with E-state index < -0.39 is 49.8 Å². The average Bonchev–Trinajstić information content (AvgIpc) is 2.60. The molecule has 2 aliphatic rings. The van der Waals surface area contributed by atoms with E-state index in [9.17, 15) is 15.6 Å². The van der Waals surface area contributed by atoms with Gasteiger partial charge in [0.25, 0.3) is 5.09 Å². The van der Waals surface area contributed by atoms with Gasteiger partial charge in [-0.25, -0.2) is 0 Å². The van der Waals surface area contributed by atoms with E-state index in [0.717, 1.165) is 0 Å². The normalized spacial score (nSPS) is 31.4. The third kappa shape index (κ3) is 4.89. The summed E-state index contributed by atoms with van der Waals surface area (Å²) in [6, 6.07) is -1.08. The lowest BCUT2D eigenvalue weighted by atomic mass is 9.96. The lowest BCUT2D eigenvalue weighted by Crippen LogP contribution is -2.67. The summed E-state index contributed by atoms with van der Waals surface area (Å²) in [6.45, 7) is 16.5. The van der Waals surface area contributed by atoms with Crippen LogP contribution in [0.3, 0.4) is 0 Å². The molecule has 0 aromatic heterocycles. The maximum atomic E-state index is 11.1. The first-order valence-electron chi connectivity index (χ1n) is 10.4. The molecule has 0 unspecified atom stereocenters. The van der Waals surface area contributed by atoms with Crippen LogP contribution in [0.25, 0.3) is 10.4 Å². The van der Waals surface area contributed by atoms with Crippen LogP contribution in [0.1, 0.15) is 55.4 Å². The average molecular weight is 447 g/mol. The van der Waals surface area contributed by atoms with Crippen molar-refractivity contribution in [2.45, 2.75) is 108 Å². The minimum Gasteiger partial charge on any atom is -0.410 e. The summed E-state index contributed by atoms with van der Waals surface area (Å²) >= 11 is 0. The lowest BCUT2D eigenvalue weighted by Gasteiger charge is -2.53. The van der Waals surface area contributed by atoms with Crippen molar-refractivity contribution in [3.63, 3.8) is 0 Å². The molecule has 11 nitrogen and oxygen atoms in total. The van der Waals surface area contributed by atoms with Crippen LogP contribution >= 0.6 is 0 Å². The molecule has 0 aromatic carbocycles. The minimum atomic E-state index is -2.46. The Balaban J connectivity index is 2.55. The third-order valence-electron chi connectivity index (χ3n) is 6.05. The van der Waals surface area contributed by atoms with Crippen molar-refractivity contribution < 1.29 is 28.6 Å². The van der Waals surface area contributed by atoms with Gasteiger partial charge in [-0.2, -0.15) is 0 Å². The number of rotatable bonds is 8. The first-order valence-corrected chi connectivity index (χ1v) is 12.5. The van der Waals surface area contributed by atoms with Crippen LogP contribution in [0.4, 0.5) is 0 Å². The van der Waals surface area contributed by atoms with E-state index in [4.69, 9.17) is 23.5 Å². The van der Waals surface area contributed by atoms with Crippen LogP contribution in [-0.2, 0) is 23.5 Å². The fourth-order valence-electron chi connectivity index (χ4n) is 4.95. The van der Waals surface area contributed by atoms with Crippen LogP contribution in [0.2, 0.25) is 16.6 Å². The number of hydrogen-bond donors (Lipinski definition) is 0. The number of nitrogens with zero attached hydrogens (tertiary/aromatic N) is 4. The third-order valence-corrected chi connectivity index (χ3v) is 12.1. The van der Waals surface area contributed by atoms with Gasteiger partial charge in [0.15, 0.2) is 5.79 Å². The van der Waals surface area contributed by atoms with Gasteiger partial charge >= 0.3 is 0 Å². The maximum Gasteiger partial charge on any atom is 0.297 e. The van der Waals surface area contributed by atoms with Crippen molar-refractivity contribution >= 4 is 8.32 Å². The molecule has 12 heteroatoms. The molecule has 5 atom stereocenters. The summed E-state index contributed by atoms with van der Waals surface area (Å²) in [5.41, 5.74) is 9.91. The SMILES string of the molecule is CC(C)[Si](O[C@@H]1[C@H](N=[N+]=[N-])[C@@H](O[N+](=O)[O-])O[C@@H]2COC(C)(C)O[C@@H]12)(C(C)C)C(C)C. The first kappa shape index (κ1) is 24.8. The van der Waals surface area contributed by atoms with Crippen LogP contribution < -0.4 is 0 Å². The summed E-state index contributed by atoms with van der Waals surface area (Å²) in [5.74, 6) is -0.901. The number of fused-ring (bicyclic) bond motifs is 1. The zero-order valence-corrected chi connectivity index (χ0v) is 20.0. The molecule has 0 N–H and O–H groups in total. The van der Waals surface area contributed by atoms with E-state index in [1.54, 1.807) is 13.8 Å². The van der Waals surface area contributed by atoms with Crippen LogP contribution in [0, 0.1) is 10.1 Å². The zero-order chi connectivity index (χ0) is 22.9. The van der Waals surface area contributed by atoms with Crippen LogP contribution in [-0.4, -0.2) is 56.4 Å². The number of ether oxygens (including phenoxy) is 3. The quantitative estimate of drug-likeness (QED) is 0.135. The highest BCUT2D eigenvalue weighted by molar-refractivity contribution is 6.77. The zero-order valence-electron chi connectivity index (χ0n) is 19.0. The fourth-order valence-corrected chi connectivity index (χ4v) is 10.5. The van der Waals surface area contributed by atoms with Gasteiger partial charge < -0.3 is 18.6 Å². The molecular weight excluding hydrogens is 412 g/mol. The van der Waals surface area contributed by atoms with E-state index >= 15 is 0 Å². The molecule has 172 valence electrons. The van der Waals surface area contributed by atoms with E-state index in [-0.39, 0.29) is 23.2 Å². The van der Waals surface area contributed by atoms with Gasteiger partial charge in [0.2, 0.25) is 14.6 Å². The molecule has 2 saturated heterocycles. The molecule has 0 radical (unpaired) electrons. The van der Waals surface area contributed by atoms with Gasteiger partial charge in [-0.3, -0.25) is 4.84 Å². The summed E-state index contributed by atoms with van der Waals surface area (Å²) in [4.78, 5) is 18.7. The molecule has 2 heterocycles. The summed E-state index contributed by atoms with van der Waals surface area (Å²) in [6.07, 6.45) is -3.46. The predicted octanol–water partition coefficient (Wildman–Crippen LogP) is 4.31. The van der Waals surface area contributed by atoms with Crippen molar-refractivity contribution in [1.82, 2.24) is 0 Å². The van der Waals surface area contributed by atoms with Gasteiger partial charge in [-0.05, 0) is 36.0 Å². The summed E-state index contributed by atoms with van der Waals surface area (Å²) in [5, 5.41) is 13.9. The standard InChI is InChI=1S/C18H34N4O7Si/c1-10(2)30(11(3)4,12(5)6)29-16-14(20-21-19)17(28-22(23)24)26-13-9-25-18(7,8)27-15(13)16/h10-17H,9H2,1-8H3/t13-,14+,15-,16-,17-/m1/s1. The molecule has 0 amide bonds. The first-order chi connectivity index (χ1) is 13.9. The Bertz CT molecular complexity index is 647. The molecule has 30 heavy (non-hydrogen) atoms. The van der Waals surface area contributed by atoms with Gasteiger partial charge in [0, 0.05) is 4.91 Å². The Morgan fingerprint density at radius 3 is 2.23 bits per heavy atom. The Hall–Kier alpha value is -1.43. The molecule has 0 spiro atoms. The van der Waals surface area contributed by atoms with Gasteiger partial charge in [-0.15, -0.1) is 10.1 Å². The molecule has 0 saturated carbocycles. The summed E-state index contributed by atoms with van der Waals surface area (Å²) < 4.78 is 24.5. The van der Waals surface area contributed by atoms with Crippen LogP contribution in [0.5, 0.6) is 0 Å². The van der Waals surface area contributed by atoms with Crippen molar-refractivity contribution in [2.24, 2.45) is 5.11 Å². The number of hydrogen-bond acceptors (Lipinski definition) is 8. The second-order valence-corrected chi connectivity index (χ2v) is 14.7. The topological polar surface area (TPSA) is 138 Å². The highest BCUT2D eigenvalue weighted by Gasteiger charge is 2.57. The van der Waals surface area contributed by atoms with E-state index in [0.29, 0.717) is 0 Å². The molecule has 2 rings (SSSR count). The van der Waals surface area contributed by atoms with Crippen molar-refractivity contribution in [1.29, 1.82) is 0 Å². The van der Waals surface area contributed by atoms with Crippen LogP contribution in [0.15, 0.2) is 5.11 Å². The molecular formula is C18H34N4O7Si. The highest BCUT2D eigenvalue weighted by Crippen LogP contribution is 2.46. The van der Waals surface area contributed by atoms with Gasteiger partial charge in [0.05, 0.1) is 12.7 Å². The monoisotopic (exact) mass is 446 g/mol. The predicted molar refractivity (Wildman–Crippen MR) is 110 cm³/mol. The van der Waals surface area contributed by atoms with Crippen molar-refractivity contribution in [3.05, 3.63) is 20.6 Å². The fraction of sp³-hybridized carbons (Fsp3) is 1.00. The molecule has 0 aliphatic carbocycles. The van der Waals surface area contributed by atoms with Crippen molar-refractivity contribution in [3.8, 4) is 0 Å². The molecule has 2 fully saturated rings. The minimum absolute atomic E-state index is 0.150. The van der Waals surface area contributed by atoms with Gasteiger partial charge in [-0.1, -0.05) is 46.7 Å². The Labute approximate surface area is 178 Å². The molecule has 2 aliphatic heterocycles. The number of azide groups is 1. The highest BCUT2D eigenvalue weighted by atomic mass is 28.4. The largest absolute Gasteiger partial charge is 0.410 e. The Kier molecular flexibility index (Phi) is 7.76. The second-order valence-electron chi connectivity index (χ2n) is 9.26. The second kappa shape index (κ2) is 9.37. The molecule has 0 bridgehead atoms. The van der Waals surface area contributed by atoms with Gasteiger partial charge in [0.1, 0.15) is 18.2 Å². The van der Waals surface area contributed by atoms with Crippen molar-refractivity contribution in [2.75, 3.05) is 6.61 Å². The molecule has 0 aromatic rings. The smallest absolute Gasteiger partial charge is 0.297 e. The van der Waals surface area contributed by atoms with E-state index in [1.165, 1.54) is 0 Å². The van der Waals surface area contributed by atoms with E-state index in [2.05, 4.69) is 51.6 Å². The Morgan fingerprint density at radius 1 is 1.20 bits per heavy atom. The maximum absolute atomic E-state index is 11.1. The van der Waals surface area contributed by atoms with E-state index in [1.807, 2.05) is 0 Å². The summed E-state index contributed by atoms with van der Waals surface area (Å²) in [7, 11) is -2.46. The Morgan fingerprint density at radius 2 is 1.77 bits per heavy atom. The lowest BCUT2D eigenvalue weighted by molar-refractivity contribution is -0.784.